The van der Waals surface area contributed by atoms with Gasteiger partial charge < -0.3 is 5.32 Å². The molecule has 8 nitrogen and oxygen atoms in total. The number of rotatable bonds is 5. The average Bonchev–Trinajstić information content (AvgIpc) is 3.37. The molecule has 0 aliphatic carbocycles. The molecule has 0 radical (unpaired) electrons. The van der Waals surface area contributed by atoms with Crippen molar-refractivity contribution < 1.29 is 18.1 Å². The van der Waals surface area contributed by atoms with E-state index in [4.69, 9.17) is 0 Å². The first kappa shape index (κ1) is 19.5. The van der Waals surface area contributed by atoms with Crippen LogP contribution in [0.25, 0.3) is 10.1 Å². The van der Waals surface area contributed by atoms with E-state index in [1.165, 1.54) is 39.9 Å². The number of fused-ring (bicyclic) bond motifs is 1. The fourth-order valence-electron chi connectivity index (χ4n) is 3.26. The molecule has 29 heavy (non-hydrogen) atoms. The number of carbonyl (C=O) groups is 1. The molecule has 0 unspecified atom stereocenters. The molecule has 1 saturated heterocycles. The minimum Gasteiger partial charge on any atom is -0.321 e. The summed E-state index contributed by atoms with van der Waals surface area (Å²) < 4.78 is 27.6. The number of hydrogen-bond donors (Lipinski definition) is 1. The molecule has 1 aliphatic rings. The van der Waals surface area contributed by atoms with Crippen molar-refractivity contribution in [3.8, 4) is 0 Å². The smallest absolute Gasteiger partial charge is 0.270 e. The summed E-state index contributed by atoms with van der Waals surface area (Å²) in [4.78, 5) is 23.6. The number of anilines is 1. The van der Waals surface area contributed by atoms with Crippen LogP contribution < -0.4 is 5.32 Å². The maximum absolute atomic E-state index is 12.7. The van der Waals surface area contributed by atoms with Gasteiger partial charge in [0.1, 0.15) is 0 Å². The van der Waals surface area contributed by atoms with Crippen LogP contribution in [0.5, 0.6) is 0 Å². The van der Waals surface area contributed by atoms with Crippen molar-refractivity contribution in [1.82, 2.24) is 4.31 Å². The Morgan fingerprint density at radius 1 is 1.10 bits per heavy atom. The Morgan fingerprint density at radius 2 is 1.86 bits per heavy atom. The third-order valence-electron chi connectivity index (χ3n) is 4.73. The van der Waals surface area contributed by atoms with Crippen LogP contribution in [0.2, 0.25) is 0 Å². The fraction of sp³-hybridized carbons (Fsp3) is 0.211. The van der Waals surface area contributed by atoms with Gasteiger partial charge in [0.2, 0.25) is 10.0 Å². The minimum atomic E-state index is -3.57. The van der Waals surface area contributed by atoms with Crippen molar-refractivity contribution in [3.63, 3.8) is 0 Å². The predicted molar refractivity (Wildman–Crippen MR) is 111 cm³/mol. The molecule has 2 aromatic carbocycles. The van der Waals surface area contributed by atoms with Crippen LogP contribution in [0, 0.1) is 10.1 Å². The van der Waals surface area contributed by atoms with Gasteiger partial charge in [-0.3, -0.25) is 14.9 Å². The number of hydrogen-bond acceptors (Lipinski definition) is 6. The van der Waals surface area contributed by atoms with Gasteiger partial charge in [0.05, 0.1) is 14.7 Å². The Kier molecular flexibility index (Phi) is 5.07. The van der Waals surface area contributed by atoms with Gasteiger partial charge in [0.15, 0.2) is 0 Å². The Hall–Kier alpha value is -2.82. The Bertz CT molecular complexity index is 1210. The number of nitro groups is 1. The molecule has 1 fully saturated rings. The lowest BCUT2D eigenvalue weighted by Gasteiger charge is -2.16. The second-order valence-electron chi connectivity index (χ2n) is 6.68. The summed E-state index contributed by atoms with van der Waals surface area (Å²) in [6.07, 6.45) is 1.69. The second kappa shape index (κ2) is 7.54. The van der Waals surface area contributed by atoms with Gasteiger partial charge in [0, 0.05) is 41.0 Å². The maximum atomic E-state index is 12.7. The first-order valence-electron chi connectivity index (χ1n) is 8.94. The van der Waals surface area contributed by atoms with Gasteiger partial charge >= 0.3 is 0 Å². The SMILES string of the molecule is O=C(Nc1cccc(S(=O)(=O)N2CCCC2)c1)c1cc2cc([N+](=O)[O-])ccc2s1. The molecule has 0 atom stereocenters. The van der Waals surface area contributed by atoms with E-state index < -0.39 is 20.9 Å². The van der Waals surface area contributed by atoms with Crippen molar-refractivity contribution in [2.24, 2.45) is 0 Å². The molecular formula is C19H17N3O5S2. The number of non-ortho nitro benzene ring substituents is 1. The summed E-state index contributed by atoms with van der Waals surface area (Å²) in [5, 5.41) is 14.2. The van der Waals surface area contributed by atoms with Crippen molar-refractivity contribution in [2.45, 2.75) is 17.7 Å². The summed E-state index contributed by atoms with van der Waals surface area (Å²) in [5.74, 6) is -0.399. The number of sulfonamides is 1. The van der Waals surface area contributed by atoms with Crippen LogP contribution in [-0.4, -0.2) is 36.6 Å². The number of carbonyl (C=O) groups excluding carboxylic acids is 1. The van der Waals surface area contributed by atoms with Gasteiger partial charge in [-0.05, 0) is 43.2 Å². The topological polar surface area (TPSA) is 110 Å². The molecule has 3 aromatic rings. The number of nitrogens with one attached hydrogen (secondary N) is 1. The standard InChI is InChI=1S/C19H17N3O5S2/c23-19(18-11-13-10-15(22(24)25)6-7-17(13)28-18)20-14-4-3-5-16(12-14)29(26,27)21-8-1-2-9-21/h3-7,10-12H,1-2,8-9H2,(H,20,23). The highest BCUT2D eigenvalue weighted by atomic mass is 32.2. The van der Waals surface area contributed by atoms with Gasteiger partial charge in [-0.1, -0.05) is 6.07 Å². The van der Waals surface area contributed by atoms with Gasteiger partial charge in [-0.15, -0.1) is 11.3 Å². The number of thiophene rings is 1. The fourth-order valence-corrected chi connectivity index (χ4v) is 5.76. The van der Waals surface area contributed by atoms with Gasteiger partial charge in [-0.25, -0.2) is 8.42 Å². The zero-order chi connectivity index (χ0) is 20.6. The summed E-state index contributed by atoms with van der Waals surface area (Å²) in [6.45, 7) is 1.01. The van der Waals surface area contributed by atoms with Crippen molar-refractivity contribution in [2.75, 3.05) is 18.4 Å². The average molecular weight is 431 g/mol. The minimum absolute atomic E-state index is 0.0397. The van der Waals surface area contributed by atoms with Crippen LogP contribution in [0.3, 0.4) is 0 Å². The van der Waals surface area contributed by atoms with Crippen molar-refractivity contribution in [3.05, 3.63) is 63.5 Å². The number of nitro benzene ring substituents is 1. The number of benzene rings is 2. The molecule has 10 heteroatoms. The van der Waals surface area contributed by atoms with E-state index in [2.05, 4.69) is 5.32 Å². The van der Waals surface area contributed by atoms with E-state index >= 15 is 0 Å². The Labute approximate surface area is 171 Å². The lowest BCUT2D eigenvalue weighted by Crippen LogP contribution is -2.27. The van der Waals surface area contributed by atoms with Crippen molar-refractivity contribution >= 4 is 48.7 Å². The monoisotopic (exact) mass is 431 g/mol. The lowest BCUT2D eigenvalue weighted by molar-refractivity contribution is -0.384. The zero-order valence-corrected chi connectivity index (χ0v) is 16.8. The number of amides is 1. The highest BCUT2D eigenvalue weighted by Crippen LogP contribution is 2.30. The lowest BCUT2D eigenvalue weighted by atomic mass is 10.2. The largest absolute Gasteiger partial charge is 0.321 e. The van der Waals surface area contributed by atoms with E-state index in [0.717, 1.165) is 17.5 Å². The van der Waals surface area contributed by atoms with E-state index in [9.17, 15) is 23.3 Å². The molecule has 0 bridgehead atoms. The van der Waals surface area contributed by atoms with E-state index in [-0.39, 0.29) is 10.6 Å². The Morgan fingerprint density at radius 3 is 2.59 bits per heavy atom. The summed E-state index contributed by atoms with van der Waals surface area (Å²) in [5.41, 5.74) is 0.334. The molecule has 0 saturated carbocycles. The number of nitrogens with zero attached hydrogens (tertiary/aromatic N) is 2. The maximum Gasteiger partial charge on any atom is 0.270 e. The van der Waals surface area contributed by atoms with Gasteiger partial charge in [0.25, 0.3) is 11.6 Å². The second-order valence-corrected chi connectivity index (χ2v) is 9.70. The molecule has 150 valence electrons. The predicted octanol–water partition coefficient (Wildman–Crippen LogP) is 3.85. The molecule has 1 aromatic heterocycles. The van der Waals surface area contributed by atoms with Crippen molar-refractivity contribution in [1.29, 1.82) is 0 Å². The van der Waals surface area contributed by atoms with Crippen LogP contribution in [0.4, 0.5) is 11.4 Å². The summed E-state index contributed by atoms with van der Waals surface area (Å²) in [7, 11) is -3.57. The quantitative estimate of drug-likeness (QED) is 0.487. The molecule has 1 N–H and O–H groups in total. The van der Waals surface area contributed by atoms with Crippen LogP contribution in [0.1, 0.15) is 22.5 Å². The van der Waals surface area contributed by atoms with E-state index in [1.807, 2.05) is 0 Å². The third-order valence-corrected chi connectivity index (χ3v) is 7.74. The van der Waals surface area contributed by atoms with Crippen LogP contribution >= 0.6 is 11.3 Å². The summed E-state index contributed by atoms with van der Waals surface area (Å²) in [6, 6.07) is 12.2. The first-order chi connectivity index (χ1) is 13.8. The van der Waals surface area contributed by atoms with Crippen LogP contribution in [-0.2, 0) is 10.0 Å². The molecule has 2 heterocycles. The molecule has 4 rings (SSSR count). The Balaban J connectivity index is 1.57. The zero-order valence-electron chi connectivity index (χ0n) is 15.2. The van der Waals surface area contributed by atoms with E-state index in [1.54, 1.807) is 24.3 Å². The first-order valence-corrected chi connectivity index (χ1v) is 11.2. The molecule has 1 aliphatic heterocycles. The molecular weight excluding hydrogens is 414 g/mol. The summed E-state index contributed by atoms with van der Waals surface area (Å²) >= 11 is 1.21. The van der Waals surface area contributed by atoms with Crippen LogP contribution in [0.15, 0.2) is 53.4 Å². The molecule has 1 amide bonds. The third kappa shape index (κ3) is 3.86. The molecule has 0 spiro atoms. The highest BCUT2D eigenvalue weighted by Gasteiger charge is 2.27. The normalized spacial score (nSPS) is 14.9. The highest BCUT2D eigenvalue weighted by molar-refractivity contribution is 7.89. The van der Waals surface area contributed by atoms with E-state index in [0.29, 0.717) is 29.0 Å². The van der Waals surface area contributed by atoms with Gasteiger partial charge in [-0.2, -0.15) is 4.31 Å².